The molecule has 0 saturated heterocycles. The molecule has 1 heterocycles. The number of carbonyl (C=O) groups excluding carboxylic acids is 1. The van der Waals surface area contributed by atoms with Gasteiger partial charge in [0, 0.05) is 32.5 Å². The molecule has 1 aromatic heterocycles. The topological polar surface area (TPSA) is 84.3 Å². The van der Waals surface area contributed by atoms with E-state index in [0.717, 1.165) is 10.4 Å². The monoisotopic (exact) mass is 452 g/mol. The molecule has 0 saturated carbocycles. The second-order valence-electron chi connectivity index (χ2n) is 6.79. The fourth-order valence-electron chi connectivity index (χ4n) is 2.80. The number of aromatic nitrogens is 2. The zero-order valence-electron chi connectivity index (χ0n) is 16.6. The fraction of sp³-hybridized carbons (Fsp3) is 0.200. The van der Waals surface area contributed by atoms with Crippen molar-refractivity contribution in [2.75, 3.05) is 14.1 Å². The van der Waals surface area contributed by atoms with Crippen LogP contribution < -0.4 is 5.32 Å². The molecule has 0 bridgehead atoms. The number of rotatable bonds is 6. The summed E-state index contributed by atoms with van der Waals surface area (Å²) in [5.41, 5.74) is -0.296. The number of nitrogens with one attached hydrogen (secondary N) is 1. The second-order valence-corrected chi connectivity index (χ2v) is 8.94. The van der Waals surface area contributed by atoms with Crippen molar-refractivity contribution in [3.63, 3.8) is 0 Å². The standard InChI is InChI=1S/C20H19F3N4O3S/c1-26(2)31(29,30)16-9-7-15(8-10-16)27-12-18(25-13-27)19(28)24-11-14-5-3-4-6-17(14)20(21,22)23/h3-10,12-13H,11H2,1-2H3,(H,24,28). The van der Waals surface area contributed by atoms with Gasteiger partial charge in [0.1, 0.15) is 12.0 Å². The molecule has 2 aromatic carbocycles. The normalized spacial score (nSPS) is 12.2. The van der Waals surface area contributed by atoms with E-state index in [0.29, 0.717) is 5.69 Å². The second kappa shape index (κ2) is 8.52. The molecule has 0 fully saturated rings. The van der Waals surface area contributed by atoms with Crippen molar-refractivity contribution in [1.82, 2.24) is 19.2 Å². The number of sulfonamides is 1. The van der Waals surface area contributed by atoms with Crippen LogP contribution in [0.3, 0.4) is 0 Å². The number of hydrogen-bond donors (Lipinski definition) is 1. The molecule has 11 heteroatoms. The molecule has 0 aliphatic heterocycles. The van der Waals surface area contributed by atoms with Crippen LogP contribution in [0.4, 0.5) is 13.2 Å². The maximum Gasteiger partial charge on any atom is 0.416 e. The number of halogens is 3. The summed E-state index contributed by atoms with van der Waals surface area (Å²) >= 11 is 0. The first-order valence-electron chi connectivity index (χ1n) is 9.00. The van der Waals surface area contributed by atoms with Crippen molar-refractivity contribution >= 4 is 15.9 Å². The van der Waals surface area contributed by atoms with Crippen LogP contribution >= 0.6 is 0 Å². The van der Waals surface area contributed by atoms with Gasteiger partial charge in [-0.05, 0) is 35.9 Å². The Morgan fingerprint density at radius 1 is 1.10 bits per heavy atom. The zero-order chi connectivity index (χ0) is 22.8. The summed E-state index contributed by atoms with van der Waals surface area (Å²) in [5.74, 6) is -0.637. The Labute approximate surface area is 177 Å². The van der Waals surface area contributed by atoms with Gasteiger partial charge < -0.3 is 9.88 Å². The highest BCUT2D eigenvalue weighted by Crippen LogP contribution is 2.31. The van der Waals surface area contributed by atoms with Gasteiger partial charge in [0.25, 0.3) is 5.91 Å². The minimum atomic E-state index is -4.52. The maximum atomic E-state index is 13.1. The SMILES string of the molecule is CN(C)S(=O)(=O)c1ccc(-n2cnc(C(=O)NCc3ccccc3C(F)(F)F)c2)cc1. The average Bonchev–Trinajstić information content (AvgIpc) is 3.22. The Morgan fingerprint density at radius 2 is 1.74 bits per heavy atom. The summed E-state index contributed by atoms with van der Waals surface area (Å²) in [5, 5.41) is 2.43. The number of alkyl halides is 3. The van der Waals surface area contributed by atoms with Gasteiger partial charge in [-0.15, -0.1) is 0 Å². The van der Waals surface area contributed by atoms with Gasteiger partial charge in [0.2, 0.25) is 10.0 Å². The van der Waals surface area contributed by atoms with E-state index in [1.165, 1.54) is 61.5 Å². The van der Waals surface area contributed by atoms with Crippen molar-refractivity contribution in [2.24, 2.45) is 0 Å². The van der Waals surface area contributed by atoms with Crippen LogP contribution in [0.25, 0.3) is 5.69 Å². The van der Waals surface area contributed by atoms with E-state index in [4.69, 9.17) is 0 Å². The molecule has 7 nitrogen and oxygen atoms in total. The van der Waals surface area contributed by atoms with E-state index >= 15 is 0 Å². The molecule has 3 rings (SSSR count). The fourth-order valence-corrected chi connectivity index (χ4v) is 3.70. The number of imidazole rings is 1. The lowest BCUT2D eigenvalue weighted by molar-refractivity contribution is -0.138. The molecule has 0 spiro atoms. The largest absolute Gasteiger partial charge is 0.416 e. The first-order valence-corrected chi connectivity index (χ1v) is 10.4. The smallest absolute Gasteiger partial charge is 0.347 e. The average molecular weight is 452 g/mol. The lowest BCUT2D eigenvalue weighted by atomic mass is 10.1. The molecule has 1 amide bonds. The maximum absolute atomic E-state index is 13.1. The van der Waals surface area contributed by atoms with E-state index in [1.54, 1.807) is 12.1 Å². The van der Waals surface area contributed by atoms with Crippen molar-refractivity contribution in [2.45, 2.75) is 17.6 Å². The number of carbonyl (C=O) groups is 1. The van der Waals surface area contributed by atoms with Crippen molar-refractivity contribution in [3.8, 4) is 5.69 Å². The van der Waals surface area contributed by atoms with Crippen LogP contribution in [-0.4, -0.2) is 42.3 Å². The van der Waals surface area contributed by atoms with Crippen molar-refractivity contribution in [1.29, 1.82) is 0 Å². The van der Waals surface area contributed by atoms with E-state index < -0.39 is 27.7 Å². The minimum Gasteiger partial charge on any atom is -0.347 e. The first kappa shape index (κ1) is 22.5. The van der Waals surface area contributed by atoms with E-state index in [2.05, 4.69) is 10.3 Å². The Balaban J connectivity index is 1.72. The lowest BCUT2D eigenvalue weighted by Gasteiger charge is -2.12. The van der Waals surface area contributed by atoms with Gasteiger partial charge in [0.05, 0.1) is 10.5 Å². The molecule has 0 aliphatic rings. The van der Waals surface area contributed by atoms with E-state index in [-0.39, 0.29) is 22.7 Å². The van der Waals surface area contributed by atoms with Crippen LogP contribution in [0, 0.1) is 0 Å². The summed E-state index contributed by atoms with van der Waals surface area (Å²) in [6.07, 6.45) is -1.76. The van der Waals surface area contributed by atoms with Gasteiger partial charge in [-0.2, -0.15) is 13.2 Å². The number of amides is 1. The molecule has 0 atom stereocenters. The Morgan fingerprint density at radius 3 is 2.35 bits per heavy atom. The molecule has 3 aromatic rings. The molecular weight excluding hydrogens is 433 g/mol. The third kappa shape index (κ3) is 4.94. The molecule has 31 heavy (non-hydrogen) atoms. The molecule has 0 unspecified atom stereocenters. The molecule has 1 N–H and O–H groups in total. The van der Waals surface area contributed by atoms with Crippen LogP contribution in [0.2, 0.25) is 0 Å². The highest BCUT2D eigenvalue weighted by Gasteiger charge is 2.32. The summed E-state index contributed by atoms with van der Waals surface area (Å²) < 4.78 is 66.1. The zero-order valence-corrected chi connectivity index (χ0v) is 17.4. The van der Waals surface area contributed by atoms with Crippen LogP contribution in [0.5, 0.6) is 0 Å². The van der Waals surface area contributed by atoms with Crippen LogP contribution in [-0.2, 0) is 22.7 Å². The predicted octanol–water partition coefficient (Wildman–Crippen LogP) is 3.07. The molecule has 164 valence electrons. The number of hydrogen-bond acceptors (Lipinski definition) is 4. The summed E-state index contributed by atoms with van der Waals surface area (Å²) in [6.45, 7) is -0.307. The predicted molar refractivity (Wildman–Crippen MR) is 107 cm³/mol. The van der Waals surface area contributed by atoms with E-state index in [9.17, 15) is 26.4 Å². The molecule has 0 radical (unpaired) electrons. The van der Waals surface area contributed by atoms with E-state index in [1.807, 2.05) is 0 Å². The van der Waals surface area contributed by atoms with Gasteiger partial charge >= 0.3 is 6.18 Å². The Kier molecular flexibility index (Phi) is 6.18. The van der Waals surface area contributed by atoms with Crippen LogP contribution in [0.15, 0.2) is 66.0 Å². The number of benzene rings is 2. The van der Waals surface area contributed by atoms with Crippen LogP contribution in [0.1, 0.15) is 21.6 Å². The quantitative estimate of drug-likeness (QED) is 0.623. The van der Waals surface area contributed by atoms with Gasteiger partial charge in [-0.25, -0.2) is 17.7 Å². The van der Waals surface area contributed by atoms with Gasteiger partial charge in [0.15, 0.2) is 0 Å². The summed E-state index contributed by atoms with van der Waals surface area (Å²) in [6, 6.07) is 11.0. The van der Waals surface area contributed by atoms with Crippen molar-refractivity contribution < 1.29 is 26.4 Å². The third-order valence-electron chi connectivity index (χ3n) is 4.49. The molecular formula is C20H19F3N4O3S. The Bertz CT molecular complexity index is 1190. The van der Waals surface area contributed by atoms with Gasteiger partial charge in [-0.1, -0.05) is 18.2 Å². The summed E-state index contributed by atoms with van der Waals surface area (Å²) in [7, 11) is -0.712. The minimum absolute atomic E-state index is 0.00878. The summed E-state index contributed by atoms with van der Waals surface area (Å²) in [4.78, 5) is 16.4. The first-order chi connectivity index (χ1) is 14.5. The van der Waals surface area contributed by atoms with Crippen molar-refractivity contribution in [3.05, 3.63) is 77.9 Å². The Hall–Kier alpha value is -3.18. The van der Waals surface area contributed by atoms with Gasteiger partial charge in [-0.3, -0.25) is 4.79 Å². The highest BCUT2D eigenvalue weighted by molar-refractivity contribution is 7.89. The third-order valence-corrected chi connectivity index (χ3v) is 6.32. The molecule has 0 aliphatic carbocycles. The lowest BCUT2D eigenvalue weighted by Crippen LogP contribution is -2.24. The number of nitrogens with zero attached hydrogens (tertiary/aromatic N) is 3. The highest BCUT2D eigenvalue weighted by atomic mass is 32.2.